The number of nitrogens with two attached hydrogens (primary N) is 4. The summed E-state index contributed by atoms with van der Waals surface area (Å²) in [5.41, 5.74) is 20.2. The van der Waals surface area contributed by atoms with Gasteiger partial charge < -0.3 is 48.5 Å². The number of carboxylic acids is 5. The quantitative estimate of drug-likeness (QED) is 0.167. The van der Waals surface area contributed by atoms with Gasteiger partial charge in [-0.15, -0.1) is 0 Å². The molecule has 0 aliphatic heterocycles. The minimum Gasteiger partial charge on any atom is -0.481 e. The normalized spacial score (nSPS) is 13.8. The maximum absolute atomic E-state index is 10.2. The van der Waals surface area contributed by atoms with Crippen LogP contribution in [-0.2, 0) is 24.0 Å². The molecule has 13 N–H and O–H groups in total. The van der Waals surface area contributed by atoms with Crippen LogP contribution in [0.1, 0.15) is 39.0 Å². The monoisotopic (exact) mass is 426 g/mol. The maximum atomic E-state index is 10.2. The molecule has 0 aliphatic carbocycles. The minimum atomic E-state index is -1.17. The summed E-state index contributed by atoms with van der Waals surface area (Å²) in [5, 5.41) is 40.9. The van der Waals surface area contributed by atoms with Gasteiger partial charge in [0.1, 0.15) is 24.2 Å². The third kappa shape index (κ3) is 23.2. The van der Waals surface area contributed by atoms with Crippen molar-refractivity contribution >= 4 is 29.8 Å². The van der Waals surface area contributed by atoms with Gasteiger partial charge in [-0.05, 0) is 32.6 Å². The molecule has 0 aromatic heterocycles. The molecule has 0 bridgehead atoms. The van der Waals surface area contributed by atoms with Gasteiger partial charge >= 0.3 is 29.8 Å². The molecule has 0 amide bonds. The average molecular weight is 426 g/mol. The van der Waals surface area contributed by atoms with E-state index in [2.05, 4.69) is 0 Å². The van der Waals surface area contributed by atoms with Crippen LogP contribution in [0.4, 0.5) is 0 Å². The first kappa shape index (κ1) is 30.9. The molecule has 0 saturated heterocycles. The van der Waals surface area contributed by atoms with Crippen LogP contribution >= 0.6 is 0 Å². The van der Waals surface area contributed by atoms with Crippen LogP contribution in [0.3, 0.4) is 0 Å². The summed E-state index contributed by atoms with van der Waals surface area (Å²) >= 11 is 0. The van der Waals surface area contributed by atoms with Gasteiger partial charge in [0.25, 0.3) is 0 Å². The fourth-order valence-electron chi connectivity index (χ4n) is 1.21. The molecule has 0 aliphatic rings. The first-order chi connectivity index (χ1) is 13.1. The second-order valence-electron chi connectivity index (χ2n) is 5.82. The lowest BCUT2D eigenvalue weighted by Gasteiger charge is -2.07. The Balaban J connectivity index is -0.000000375. The summed E-state index contributed by atoms with van der Waals surface area (Å²) in [7, 11) is 0. The third-order valence-electron chi connectivity index (χ3n) is 3.04. The van der Waals surface area contributed by atoms with Gasteiger partial charge in [-0.3, -0.25) is 24.0 Å². The molecule has 14 heteroatoms. The van der Waals surface area contributed by atoms with Crippen molar-refractivity contribution in [3.63, 3.8) is 0 Å². The number of hydrogen-bond donors (Lipinski definition) is 9. The summed E-state index contributed by atoms with van der Waals surface area (Å²) in [5.74, 6) is -5.32. The van der Waals surface area contributed by atoms with Crippen LogP contribution in [0, 0.1) is 0 Å². The fraction of sp³-hybridized carbons (Fsp3) is 0.667. The second kappa shape index (κ2) is 17.3. The Kier molecular flexibility index (Phi) is 18.4. The Morgan fingerprint density at radius 3 is 1.10 bits per heavy atom. The van der Waals surface area contributed by atoms with Crippen molar-refractivity contribution in [2.75, 3.05) is 0 Å². The molecule has 4 atom stereocenters. The highest BCUT2D eigenvalue weighted by molar-refractivity contribution is 5.75. The van der Waals surface area contributed by atoms with E-state index in [0.717, 1.165) is 0 Å². The van der Waals surface area contributed by atoms with Gasteiger partial charge in [-0.1, -0.05) is 0 Å². The summed E-state index contributed by atoms with van der Waals surface area (Å²) in [6, 6.07) is -3.65. The van der Waals surface area contributed by atoms with Gasteiger partial charge in [-0.2, -0.15) is 0 Å². The van der Waals surface area contributed by atoms with Crippen LogP contribution < -0.4 is 22.9 Å². The largest absolute Gasteiger partial charge is 0.481 e. The maximum Gasteiger partial charge on any atom is 0.320 e. The number of carbonyl (C=O) groups is 5. The molecule has 0 fully saturated rings. The first-order valence-corrected chi connectivity index (χ1v) is 8.28. The van der Waals surface area contributed by atoms with Crippen LogP contribution in [-0.4, -0.2) is 79.5 Å². The zero-order valence-corrected chi connectivity index (χ0v) is 15.9. The van der Waals surface area contributed by atoms with Crippen molar-refractivity contribution in [1.82, 2.24) is 0 Å². The van der Waals surface area contributed by atoms with E-state index in [0.29, 0.717) is 6.42 Å². The SMILES string of the molecule is C[C@H](N)C(=O)O.N[C@H](CCC(=O)O)C(=O)O.N[C@H](CCC[C@H](N)C(=O)O)C(=O)O. The highest BCUT2D eigenvalue weighted by Crippen LogP contribution is 2.01. The van der Waals surface area contributed by atoms with Gasteiger partial charge in [-0.25, -0.2) is 0 Å². The van der Waals surface area contributed by atoms with Crippen molar-refractivity contribution in [1.29, 1.82) is 0 Å². The molecule has 0 aromatic carbocycles. The van der Waals surface area contributed by atoms with Gasteiger partial charge in [0.15, 0.2) is 0 Å². The highest BCUT2D eigenvalue weighted by atomic mass is 16.4. The molecule has 170 valence electrons. The lowest BCUT2D eigenvalue weighted by Crippen LogP contribution is -2.33. The molecule has 0 radical (unpaired) electrons. The van der Waals surface area contributed by atoms with Crippen molar-refractivity contribution < 1.29 is 49.5 Å². The molecule has 0 aromatic rings. The van der Waals surface area contributed by atoms with Crippen LogP contribution in [0.25, 0.3) is 0 Å². The summed E-state index contributed by atoms with van der Waals surface area (Å²) in [6.45, 7) is 1.42. The van der Waals surface area contributed by atoms with Gasteiger partial charge in [0.2, 0.25) is 0 Å². The molecular formula is C15H30N4O10. The van der Waals surface area contributed by atoms with E-state index in [1.165, 1.54) is 6.92 Å². The molecule has 0 spiro atoms. The smallest absolute Gasteiger partial charge is 0.320 e. The third-order valence-corrected chi connectivity index (χ3v) is 3.04. The highest BCUT2D eigenvalue weighted by Gasteiger charge is 2.14. The summed E-state index contributed by atoms with van der Waals surface area (Å²) in [4.78, 5) is 49.9. The Morgan fingerprint density at radius 2 is 0.897 bits per heavy atom. The van der Waals surface area contributed by atoms with Crippen LogP contribution in [0.2, 0.25) is 0 Å². The van der Waals surface area contributed by atoms with E-state index in [9.17, 15) is 24.0 Å². The average Bonchev–Trinajstić information content (AvgIpc) is 2.59. The number of aliphatic carboxylic acids is 5. The topological polar surface area (TPSA) is 291 Å². The second-order valence-corrected chi connectivity index (χ2v) is 5.82. The fourth-order valence-corrected chi connectivity index (χ4v) is 1.21. The van der Waals surface area contributed by atoms with Crippen molar-refractivity contribution in [3.05, 3.63) is 0 Å². The lowest BCUT2D eigenvalue weighted by molar-refractivity contribution is -0.141. The zero-order chi connectivity index (χ0) is 23.7. The van der Waals surface area contributed by atoms with Crippen molar-refractivity contribution in [3.8, 4) is 0 Å². The lowest BCUT2D eigenvalue weighted by atomic mass is 10.1. The van der Waals surface area contributed by atoms with Crippen LogP contribution in [0.15, 0.2) is 0 Å². The molecule has 0 rings (SSSR count). The predicted octanol–water partition coefficient (Wildman–Crippen LogP) is -2.34. The first-order valence-electron chi connectivity index (χ1n) is 8.28. The van der Waals surface area contributed by atoms with Crippen molar-refractivity contribution in [2.24, 2.45) is 22.9 Å². The van der Waals surface area contributed by atoms with E-state index >= 15 is 0 Å². The Labute approximate surface area is 166 Å². The standard InChI is InChI=1S/C7H14N2O4.C5H9NO4.C3H7NO2/c8-4(6(10)11)2-1-3-5(9)7(12)13;6-3(5(9)10)1-2-4(7)8;1-2(4)3(5)6/h4-5H,1-3,8-9H2,(H,10,11)(H,12,13);3H,1-2,6H2,(H,7,8)(H,9,10);2H,4H2,1H3,(H,5,6)/t4-,5+;3-;2-/m.10/s1. The Hall–Kier alpha value is -2.81. The molecule has 0 heterocycles. The predicted molar refractivity (Wildman–Crippen MR) is 98.8 cm³/mol. The summed E-state index contributed by atoms with van der Waals surface area (Å²) < 4.78 is 0. The minimum absolute atomic E-state index is 0.0231. The number of hydrogen-bond acceptors (Lipinski definition) is 9. The molecule has 14 nitrogen and oxygen atoms in total. The number of rotatable bonds is 11. The van der Waals surface area contributed by atoms with Gasteiger partial charge in [0.05, 0.1) is 0 Å². The van der Waals surface area contributed by atoms with E-state index in [-0.39, 0.29) is 25.7 Å². The van der Waals surface area contributed by atoms with E-state index in [4.69, 9.17) is 48.5 Å². The Morgan fingerprint density at radius 1 is 0.621 bits per heavy atom. The van der Waals surface area contributed by atoms with E-state index in [1.54, 1.807) is 0 Å². The Bertz CT molecular complexity index is 521. The van der Waals surface area contributed by atoms with E-state index in [1.807, 2.05) is 0 Å². The van der Waals surface area contributed by atoms with E-state index < -0.39 is 54.0 Å². The summed E-state index contributed by atoms with van der Waals surface area (Å²) in [6.07, 6.45) is 0.672. The number of carboxylic acid groups (broad SMARTS) is 5. The molecule has 0 saturated carbocycles. The zero-order valence-electron chi connectivity index (χ0n) is 15.9. The van der Waals surface area contributed by atoms with Gasteiger partial charge in [0, 0.05) is 6.42 Å². The van der Waals surface area contributed by atoms with Crippen LogP contribution in [0.5, 0.6) is 0 Å². The molecular weight excluding hydrogens is 396 g/mol. The molecule has 29 heavy (non-hydrogen) atoms. The molecule has 0 unspecified atom stereocenters. The van der Waals surface area contributed by atoms with Crippen molar-refractivity contribution in [2.45, 2.75) is 63.2 Å².